The average molecular weight is 508 g/mol. The maximum absolute atomic E-state index is 13.1. The van der Waals surface area contributed by atoms with E-state index in [1.807, 2.05) is 50.2 Å². The number of nitrogens with one attached hydrogen (secondary N) is 3. The van der Waals surface area contributed by atoms with E-state index in [-0.39, 0.29) is 11.9 Å². The lowest BCUT2D eigenvalue weighted by atomic mass is 10.0. The zero-order valence-electron chi connectivity index (χ0n) is 20.6. The van der Waals surface area contributed by atoms with Crippen LogP contribution in [0, 0.1) is 0 Å². The summed E-state index contributed by atoms with van der Waals surface area (Å²) in [5.41, 5.74) is 3.13. The van der Waals surface area contributed by atoms with Gasteiger partial charge in [0.2, 0.25) is 0 Å². The zero-order valence-corrected chi connectivity index (χ0v) is 21.4. The van der Waals surface area contributed by atoms with E-state index in [0.29, 0.717) is 28.6 Å². The first-order chi connectivity index (χ1) is 17.2. The number of amides is 3. The van der Waals surface area contributed by atoms with E-state index in [4.69, 9.17) is 11.6 Å². The van der Waals surface area contributed by atoms with Gasteiger partial charge in [-0.05, 0) is 57.3 Å². The summed E-state index contributed by atoms with van der Waals surface area (Å²) in [6.07, 6.45) is 0. The molecule has 2 aliphatic heterocycles. The van der Waals surface area contributed by atoms with Crippen molar-refractivity contribution in [3.63, 3.8) is 0 Å². The summed E-state index contributed by atoms with van der Waals surface area (Å²) in [5, 5.41) is 13.6. The summed E-state index contributed by atoms with van der Waals surface area (Å²) in [7, 11) is 2.13. The lowest BCUT2D eigenvalue weighted by Gasteiger charge is -2.34. The van der Waals surface area contributed by atoms with Gasteiger partial charge < -0.3 is 25.3 Å². The first-order valence-electron chi connectivity index (χ1n) is 12.0. The largest absolute Gasteiger partial charge is 0.369 e. The van der Waals surface area contributed by atoms with E-state index in [0.717, 1.165) is 43.1 Å². The number of aromatic amines is 1. The molecule has 36 heavy (non-hydrogen) atoms. The molecule has 2 aromatic carbocycles. The number of urea groups is 1. The number of hydrogen-bond donors (Lipinski definition) is 3. The fourth-order valence-electron chi connectivity index (χ4n) is 4.76. The second-order valence-corrected chi connectivity index (χ2v) is 10.2. The molecule has 3 heterocycles. The predicted molar refractivity (Wildman–Crippen MR) is 142 cm³/mol. The lowest BCUT2D eigenvalue weighted by Crippen LogP contribution is -2.44. The molecule has 0 radical (unpaired) electrons. The van der Waals surface area contributed by atoms with Gasteiger partial charge in [0.05, 0.1) is 28.5 Å². The number of aromatic nitrogens is 2. The second-order valence-electron chi connectivity index (χ2n) is 9.77. The quantitative estimate of drug-likeness (QED) is 0.488. The molecule has 1 fully saturated rings. The van der Waals surface area contributed by atoms with Crippen LogP contribution in [0.25, 0.3) is 0 Å². The first-order valence-corrected chi connectivity index (χ1v) is 12.4. The third-order valence-corrected chi connectivity index (χ3v) is 7.39. The van der Waals surface area contributed by atoms with Crippen molar-refractivity contribution in [3.05, 3.63) is 70.4 Å². The summed E-state index contributed by atoms with van der Waals surface area (Å²) in [4.78, 5) is 32.4. The van der Waals surface area contributed by atoms with Crippen LogP contribution in [-0.4, -0.2) is 65.2 Å². The minimum absolute atomic E-state index is 0.244. The van der Waals surface area contributed by atoms with Crippen LogP contribution in [0.5, 0.6) is 0 Å². The Kier molecular flexibility index (Phi) is 6.36. The SMILES string of the molecule is CN1CCN(c2ccc(C(=O)Nc3n[nH]c4c3CN(C(=O)Nc3ccccc3Cl)C4(C)C)cc2)CC1. The number of fused-ring (bicyclic) bond motifs is 1. The van der Waals surface area contributed by atoms with E-state index in [1.54, 1.807) is 17.0 Å². The van der Waals surface area contributed by atoms with Gasteiger partial charge in [-0.15, -0.1) is 0 Å². The minimum atomic E-state index is -0.652. The molecule has 0 atom stereocenters. The predicted octanol–water partition coefficient (Wildman–Crippen LogP) is 4.35. The summed E-state index contributed by atoms with van der Waals surface area (Å²) in [5.74, 6) is 0.185. The van der Waals surface area contributed by atoms with E-state index in [2.05, 4.69) is 37.7 Å². The molecule has 2 aliphatic rings. The minimum Gasteiger partial charge on any atom is -0.369 e. The van der Waals surface area contributed by atoms with Gasteiger partial charge in [0.25, 0.3) is 5.91 Å². The van der Waals surface area contributed by atoms with Crippen LogP contribution < -0.4 is 15.5 Å². The van der Waals surface area contributed by atoms with Crippen LogP contribution in [0.15, 0.2) is 48.5 Å². The van der Waals surface area contributed by atoms with Gasteiger partial charge in [0.15, 0.2) is 5.82 Å². The van der Waals surface area contributed by atoms with Crippen LogP contribution in [0.1, 0.15) is 35.5 Å². The summed E-state index contributed by atoms with van der Waals surface area (Å²) in [6.45, 7) is 8.16. The number of piperazine rings is 1. The zero-order chi connectivity index (χ0) is 25.4. The fraction of sp³-hybridized carbons (Fsp3) is 0.346. The van der Waals surface area contributed by atoms with Crippen molar-refractivity contribution >= 4 is 40.7 Å². The number of halogens is 1. The highest BCUT2D eigenvalue weighted by molar-refractivity contribution is 6.33. The van der Waals surface area contributed by atoms with Gasteiger partial charge in [-0.25, -0.2) is 4.79 Å². The molecule has 1 saturated heterocycles. The van der Waals surface area contributed by atoms with Crippen LogP contribution in [-0.2, 0) is 12.1 Å². The number of carbonyl (C=O) groups excluding carboxylic acids is 2. The maximum Gasteiger partial charge on any atom is 0.322 e. The molecule has 0 spiro atoms. The lowest BCUT2D eigenvalue weighted by molar-refractivity contribution is 0.102. The Morgan fingerprint density at radius 2 is 1.69 bits per heavy atom. The molecular formula is C26H30ClN7O2. The highest BCUT2D eigenvalue weighted by atomic mass is 35.5. The molecule has 0 unspecified atom stereocenters. The molecule has 3 amide bonds. The Bertz CT molecular complexity index is 1280. The monoisotopic (exact) mass is 507 g/mol. The van der Waals surface area contributed by atoms with Gasteiger partial charge in [-0.2, -0.15) is 5.10 Å². The maximum atomic E-state index is 13.1. The van der Waals surface area contributed by atoms with Crippen LogP contribution in [0.2, 0.25) is 5.02 Å². The first kappa shape index (κ1) is 24.1. The number of anilines is 3. The molecule has 0 aliphatic carbocycles. The fourth-order valence-corrected chi connectivity index (χ4v) is 4.94. The molecule has 5 rings (SSSR count). The van der Waals surface area contributed by atoms with Crippen LogP contribution in [0.4, 0.5) is 22.0 Å². The molecule has 3 N–H and O–H groups in total. The molecule has 9 nitrogen and oxygen atoms in total. The van der Waals surface area contributed by atoms with Gasteiger partial charge >= 0.3 is 6.03 Å². The number of likely N-dealkylation sites (N-methyl/N-ethyl adjacent to an activating group) is 1. The Hall–Kier alpha value is -3.56. The van der Waals surface area contributed by atoms with Crippen LogP contribution in [0.3, 0.4) is 0 Å². The summed E-state index contributed by atoms with van der Waals surface area (Å²) < 4.78 is 0. The third kappa shape index (κ3) is 4.52. The number of carbonyl (C=O) groups is 2. The van der Waals surface area contributed by atoms with Crippen LogP contribution >= 0.6 is 11.6 Å². The van der Waals surface area contributed by atoms with Gasteiger partial charge in [-0.3, -0.25) is 9.89 Å². The molecule has 0 saturated carbocycles. The van der Waals surface area contributed by atoms with Crippen molar-refractivity contribution in [1.29, 1.82) is 0 Å². The Balaban J connectivity index is 1.27. The Labute approximate surface area is 215 Å². The average Bonchev–Trinajstić information content (AvgIpc) is 3.39. The van der Waals surface area contributed by atoms with Crippen molar-refractivity contribution in [2.45, 2.75) is 25.9 Å². The number of benzene rings is 2. The van der Waals surface area contributed by atoms with Gasteiger partial charge in [0.1, 0.15) is 0 Å². The molecule has 3 aromatic rings. The van der Waals surface area contributed by atoms with Gasteiger partial charge in [-0.1, -0.05) is 23.7 Å². The number of para-hydroxylation sites is 1. The van der Waals surface area contributed by atoms with Crippen molar-refractivity contribution in [2.24, 2.45) is 0 Å². The third-order valence-electron chi connectivity index (χ3n) is 7.06. The van der Waals surface area contributed by atoms with Crippen molar-refractivity contribution in [2.75, 3.05) is 48.8 Å². The Morgan fingerprint density at radius 3 is 2.39 bits per heavy atom. The number of hydrogen-bond acceptors (Lipinski definition) is 5. The highest BCUT2D eigenvalue weighted by Gasteiger charge is 2.44. The molecule has 1 aromatic heterocycles. The second kappa shape index (κ2) is 9.48. The van der Waals surface area contributed by atoms with E-state index < -0.39 is 5.54 Å². The molecular weight excluding hydrogens is 478 g/mol. The summed E-state index contributed by atoms with van der Waals surface area (Å²) in [6, 6.07) is 14.5. The Morgan fingerprint density at radius 1 is 1.00 bits per heavy atom. The molecule has 0 bridgehead atoms. The highest BCUT2D eigenvalue weighted by Crippen LogP contribution is 2.41. The number of nitrogens with zero attached hydrogens (tertiary/aromatic N) is 4. The molecule has 10 heteroatoms. The molecule has 188 valence electrons. The van der Waals surface area contributed by atoms with E-state index in [1.165, 1.54) is 0 Å². The smallest absolute Gasteiger partial charge is 0.322 e. The van der Waals surface area contributed by atoms with E-state index in [9.17, 15) is 9.59 Å². The van der Waals surface area contributed by atoms with Crippen molar-refractivity contribution in [1.82, 2.24) is 20.0 Å². The van der Waals surface area contributed by atoms with Crippen molar-refractivity contribution < 1.29 is 9.59 Å². The summed E-state index contributed by atoms with van der Waals surface area (Å²) >= 11 is 6.21. The van der Waals surface area contributed by atoms with Gasteiger partial charge in [0, 0.05) is 43.0 Å². The normalized spacial score (nSPS) is 17.1. The number of H-pyrrole nitrogens is 1. The van der Waals surface area contributed by atoms with Crippen molar-refractivity contribution in [3.8, 4) is 0 Å². The standard InChI is InChI=1S/C26H30ClN7O2/c1-26(2)22-19(16-34(26)25(36)28-21-7-5-4-6-20(21)27)23(31-30-22)29-24(35)17-8-10-18(11-9-17)33-14-12-32(3)13-15-33/h4-11H,12-16H2,1-3H3,(H,28,36)(H2,29,30,31,35). The number of rotatable bonds is 4. The topological polar surface area (TPSA) is 96.6 Å². The van der Waals surface area contributed by atoms with E-state index >= 15 is 0 Å².